The lowest BCUT2D eigenvalue weighted by molar-refractivity contribution is 0.0685. The number of nitrogens with zero attached hydrogens (tertiary/aromatic N) is 4. The first-order valence-corrected chi connectivity index (χ1v) is 13.2. The molecule has 0 amide bonds. The molecule has 30 heavy (non-hydrogen) atoms. The molecule has 9 heteroatoms. The Labute approximate surface area is 185 Å². The van der Waals surface area contributed by atoms with Crippen molar-refractivity contribution in [3.05, 3.63) is 17.4 Å². The van der Waals surface area contributed by atoms with Crippen molar-refractivity contribution in [2.24, 2.45) is 23.7 Å². The number of sulfonamides is 1. The van der Waals surface area contributed by atoms with E-state index in [1.165, 1.54) is 19.3 Å². The summed E-state index contributed by atoms with van der Waals surface area (Å²) in [5, 5.41) is 0.575. The lowest BCUT2D eigenvalue weighted by Gasteiger charge is -2.32. The van der Waals surface area contributed by atoms with Crippen molar-refractivity contribution >= 4 is 27.6 Å². The van der Waals surface area contributed by atoms with E-state index in [9.17, 15) is 8.42 Å². The second kappa shape index (κ2) is 9.67. The molecule has 1 aliphatic carbocycles. The van der Waals surface area contributed by atoms with Crippen molar-refractivity contribution in [3.63, 3.8) is 0 Å². The minimum atomic E-state index is -3.04. The minimum Gasteiger partial charge on any atom is -0.381 e. The zero-order chi connectivity index (χ0) is 21.1. The van der Waals surface area contributed by atoms with Gasteiger partial charge in [0.1, 0.15) is 0 Å². The molecule has 3 fully saturated rings. The van der Waals surface area contributed by atoms with Crippen LogP contribution < -0.4 is 4.90 Å². The number of anilines is 1. The van der Waals surface area contributed by atoms with E-state index in [2.05, 4.69) is 14.9 Å². The van der Waals surface area contributed by atoms with E-state index in [1.54, 1.807) is 23.6 Å². The molecule has 0 radical (unpaired) electrons. The van der Waals surface area contributed by atoms with Gasteiger partial charge in [0.15, 0.2) is 0 Å². The molecule has 1 saturated carbocycles. The van der Waals surface area contributed by atoms with Crippen LogP contribution in [0.15, 0.2) is 12.4 Å². The molecular weight excluding hydrogens is 424 g/mol. The summed E-state index contributed by atoms with van der Waals surface area (Å²) in [6.07, 6.45) is 8.83. The summed E-state index contributed by atoms with van der Waals surface area (Å²) in [6, 6.07) is 0. The van der Waals surface area contributed by atoms with E-state index in [-0.39, 0.29) is 5.75 Å². The lowest BCUT2D eigenvalue weighted by atomic mass is 9.91. The van der Waals surface area contributed by atoms with Crippen molar-refractivity contribution in [2.45, 2.75) is 39.0 Å². The van der Waals surface area contributed by atoms with Crippen LogP contribution in [-0.4, -0.2) is 67.8 Å². The van der Waals surface area contributed by atoms with E-state index in [4.69, 9.17) is 16.3 Å². The summed E-state index contributed by atoms with van der Waals surface area (Å²) < 4.78 is 31.6. The molecule has 0 N–H and O–H groups in total. The zero-order valence-corrected chi connectivity index (χ0v) is 19.3. The molecule has 0 bridgehead atoms. The molecule has 0 aromatic carbocycles. The predicted molar refractivity (Wildman–Crippen MR) is 118 cm³/mol. The Bertz CT molecular complexity index is 791. The summed E-state index contributed by atoms with van der Waals surface area (Å²) in [5.74, 6) is 3.76. The Balaban J connectivity index is 1.11. The predicted octanol–water partition coefficient (Wildman–Crippen LogP) is 3.06. The van der Waals surface area contributed by atoms with Crippen molar-refractivity contribution in [1.82, 2.24) is 14.3 Å². The first kappa shape index (κ1) is 22.2. The summed E-state index contributed by atoms with van der Waals surface area (Å²) in [5.41, 5.74) is 0. The molecule has 2 unspecified atom stereocenters. The second-order valence-corrected chi connectivity index (χ2v) is 11.7. The maximum absolute atomic E-state index is 12.0. The number of ether oxygens (including phenoxy) is 1. The molecule has 0 spiro atoms. The maximum atomic E-state index is 12.0. The van der Waals surface area contributed by atoms with Gasteiger partial charge in [-0.25, -0.2) is 22.7 Å². The Kier molecular flexibility index (Phi) is 7.17. The van der Waals surface area contributed by atoms with Crippen LogP contribution in [0, 0.1) is 23.7 Å². The number of rotatable bonds is 8. The third kappa shape index (κ3) is 5.44. The van der Waals surface area contributed by atoms with E-state index < -0.39 is 10.0 Å². The summed E-state index contributed by atoms with van der Waals surface area (Å²) in [6.45, 7) is 6.66. The van der Waals surface area contributed by atoms with E-state index in [0.717, 1.165) is 56.9 Å². The molecule has 2 atom stereocenters. The highest BCUT2D eigenvalue weighted by Crippen LogP contribution is 2.48. The number of piperidine rings is 2. The van der Waals surface area contributed by atoms with Crippen LogP contribution in [0.1, 0.15) is 39.0 Å². The highest BCUT2D eigenvalue weighted by Gasteiger charge is 2.43. The molecule has 1 aromatic rings. The number of hydrogen-bond acceptors (Lipinski definition) is 6. The second-order valence-electron chi connectivity index (χ2n) is 8.97. The van der Waals surface area contributed by atoms with Crippen molar-refractivity contribution in [2.75, 3.05) is 50.0 Å². The largest absolute Gasteiger partial charge is 0.381 e. The molecule has 1 aromatic heterocycles. The zero-order valence-electron chi connectivity index (χ0n) is 17.7. The quantitative estimate of drug-likeness (QED) is 0.598. The van der Waals surface area contributed by atoms with Gasteiger partial charge in [-0.2, -0.15) is 0 Å². The van der Waals surface area contributed by atoms with Crippen LogP contribution in [0.3, 0.4) is 0 Å². The number of hydrogen-bond donors (Lipinski definition) is 0. The fourth-order valence-electron chi connectivity index (χ4n) is 4.96. The van der Waals surface area contributed by atoms with Crippen LogP contribution in [0.25, 0.3) is 0 Å². The highest BCUT2D eigenvalue weighted by molar-refractivity contribution is 7.89. The fourth-order valence-corrected chi connectivity index (χ4v) is 6.19. The molecule has 3 heterocycles. The van der Waals surface area contributed by atoms with Gasteiger partial charge in [-0.05, 0) is 62.7 Å². The Morgan fingerprint density at radius 2 is 1.73 bits per heavy atom. The van der Waals surface area contributed by atoms with Crippen molar-refractivity contribution < 1.29 is 13.2 Å². The fraction of sp³-hybridized carbons (Fsp3) is 0.810. The molecule has 7 nitrogen and oxygen atoms in total. The standard InChI is InChI=1S/C21H33ClN4O3S/c1-2-30(27,28)26-9-3-16(4-10-26)14-29-15-18-11-20(18)17-5-7-25(8-6-17)21-23-12-19(22)13-24-21/h12-13,16-18,20H,2-11,14-15H2,1H3. The monoisotopic (exact) mass is 456 g/mol. The van der Waals surface area contributed by atoms with Crippen LogP contribution in [0.2, 0.25) is 5.02 Å². The summed E-state index contributed by atoms with van der Waals surface area (Å²) >= 11 is 5.88. The SMILES string of the molecule is CCS(=O)(=O)N1CCC(COCC2CC2C2CCN(c3ncc(Cl)cn3)CC2)CC1. The van der Waals surface area contributed by atoms with E-state index in [0.29, 0.717) is 29.9 Å². The van der Waals surface area contributed by atoms with Gasteiger partial charge in [0.05, 0.1) is 23.2 Å². The van der Waals surface area contributed by atoms with Crippen LogP contribution in [0.4, 0.5) is 5.95 Å². The van der Waals surface area contributed by atoms with E-state index >= 15 is 0 Å². The number of halogens is 1. The lowest BCUT2D eigenvalue weighted by Crippen LogP contribution is -2.40. The van der Waals surface area contributed by atoms with Crippen LogP contribution in [-0.2, 0) is 14.8 Å². The average molecular weight is 457 g/mol. The average Bonchev–Trinajstić information content (AvgIpc) is 3.54. The molecule has 4 rings (SSSR count). The normalized spacial score (nSPS) is 26.8. The highest BCUT2D eigenvalue weighted by atomic mass is 35.5. The van der Waals surface area contributed by atoms with Crippen LogP contribution in [0.5, 0.6) is 0 Å². The Hall–Kier alpha value is -0.960. The third-order valence-electron chi connectivity index (χ3n) is 7.03. The van der Waals surface area contributed by atoms with Gasteiger partial charge >= 0.3 is 0 Å². The smallest absolute Gasteiger partial charge is 0.225 e. The molecular formula is C21H33ClN4O3S. The van der Waals surface area contributed by atoms with Gasteiger partial charge in [0, 0.05) is 39.4 Å². The van der Waals surface area contributed by atoms with Gasteiger partial charge < -0.3 is 9.64 Å². The van der Waals surface area contributed by atoms with Crippen molar-refractivity contribution in [1.29, 1.82) is 0 Å². The van der Waals surface area contributed by atoms with E-state index in [1.807, 2.05) is 0 Å². The van der Waals surface area contributed by atoms with Gasteiger partial charge in [0.2, 0.25) is 16.0 Å². The maximum Gasteiger partial charge on any atom is 0.225 e. The Morgan fingerprint density at radius 3 is 2.37 bits per heavy atom. The van der Waals surface area contributed by atoms with Gasteiger partial charge in [0.25, 0.3) is 0 Å². The molecule has 2 aliphatic heterocycles. The summed E-state index contributed by atoms with van der Waals surface area (Å²) in [7, 11) is -3.04. The van der Waals surface area contributed by atoms with Gasteiger partial charge in [-0.1, -0.05) is 11.6 Å². The molecule has 2 saturated heterocycles. The molecule has 168 valence electrons. The molecule has 3 aliphatic rings. The first-order valence-electron chi connectivity index (χ1n) is 11.2. The summed E-state index contributed by atoms with van der Waals surface area (Å²) in [4.78, 5) is 10.9. The van der Waals surface area contributed by atoms with Crippen molar-refractivity contribution in [3.8, 4) is 0 Å². The third-order valence-corrected chi connectivity index (χ3v) is 9.11. The minimum absolute atomic E-state index is 0.197. The topological polar surface area (TPSA) is 75.6 Å². The first-order chi connectivity index (χ1) is 14.5. The number of aromatic nitrogens is 2. The van der Waals surface area contributed by atoms with Crippen LogP contribution >= 0.6 is 11.6 Å². The van der Waals surface area contributed by atoms with Gasteiger partial charge in [-0.3, -0.25) is 0 Å². The Morgan fingerprint density at radius 1 is 1.07 bits per heavy atom. The van der Waals surface area contributed by atoms with Gasteiger partial charge in [-0.15, -0.1) is 0 Å².